The van der Waals surface area contributed by atoms with Crippen LogP contribution in [-0.4, -0.2) is 30.4 Å². The van der Waals surface area contributed by atoms with E-state index >= 15 is 0 Å². The molecule has 1 aromatic carbocycles. The summed E-state index contributed by atoms with van der Waals surface area (Å²) >= 11 is 0. The molecule has 8 heteroatoms. The first-order valence-corrected chi connectivity index (χ1v) is 9.14. The number of aromatic amines is 1. The van der Waals surface area contributed by atoms with Crippen LogP contribution in [-0.2, 0) is 24.3 Å². The van der Waals surface area contributed by atoms with Crippen LogP contribution >= 0.6 is 0 Å². The number of nitrogens with zero attached hydrogens (tertiary/aromatic N) is 4. The molecule has 1 amide bonds. The van der Waals surface area contributed by atoms with Crippen molar-refractivity contribution in [2.45, 2.75) is 19.5 Å². The van der Waals surface area contributed by atoms with Gasteiger partial charge in [0, 0.05) is 18.5 Å². The van der Waals surface area contributed by atoms with Gasteiger partial charge in [-0.3, -0.25) is 19.7 Å². The summed E-state index contributed by atoms with van der Waals surface area (Å²) in [5, 5.41) is 3.02. The molecule has 3 aromatic heterocycles. The van der Waals surface area contributed by atoms with Crippen molar-refractivity contribution in [2.75, 3.05) is 0 Å². The fraction of sp³-hybridized carbons (Fsp3) is 0.143. The van der Waals surface area contributed by atoms with Gasteiger partial charge in [-0.05, 0) is 47.5 Å². The Morgan fingerprint density at radius 1 is 1.10 bits per heavy atom. The van der Waals surface area contributed by atoms with E-state index in [-0.39, 0.29) is 30.2 Å². The number of benzene rings is 1. The number of halogens is 1. The molecule has 4 heterocycles. The van der Waals surface area contributed by atoms with Crippen LogP contribution in [0.1, 0.15) is 16.8 Å². The van der Waals surface area contributed by atoms with Gasteiger partial charge in [-0.15, -0.1) is 0 Å². The summed E-state index contributed by atoms with van der Waals surface area (Å²) in [5.74, 6) is -0.384. The zero-order valence-electron chi connectivity index (χ0n) is 15.3. The van der Waals surface area contributed by atoms with Crippen LogP contribution in [0.5, 0.6) is 0 Å². The monoisotopic (exact) mass is 389 g/mol. The summed E-state index contributed by atoms with van der Waals surface area (Å²) < 4.78 is 14.5. The Bertz CT molecular complexity index is 1280. The van der Waals surface area contributed by atoms with Crippen LogP contribution in [0.15, 0.2) is 59.7 Å². The summed E-state index contributed by atoms with van der Waals surface area (Å²) in [6, 6.07) is 11.3. The second-order valence-electron chi connectivity index (χ2n) is 6.99. The van der Waals surface area contributed by atoms with E-state index in [1.807, 2.05) is 0 Å². The number of hydrogen-bond donors (Lipinski definition) is 1. The molecule has 1 N–H and O–H groups in total. The van der Waals surface area contributed by atoms with Crippen molar-refractivity contribution in [1.29, 1.82) is 0 Å². The highest BCUT2D eigenvalue weighted by atomic mass is 19.1. The zero-order valence-corrected chi connectivity index (χ0v) is 15.3. The molecule has 7 nitrogen and oxygen atoms in total. The van der Waals surface area contributed by atoms with Crippen LogP contribution in [0.4, 0.5) is 4.39 Å². The summed E-state index contributed by atoms with van der Waals surface area (Å²) in [4.78, 5) is 35.7. The highest BCUT2D eigenvalue weighted by Crippen LogP contribution is 2.23. The second-order valence-corrected chi connectivity index (χ2v) is 6.99. The second kappa shape index (κ2) is 6.66. The van der Waals surface area contributed by atoms with Gasteiger partial charge < -0.3 is 4.90 Å². The highest BCUT2D eigenvalue weighted by molar-refractivity contribution is 5.79. The van der Waals surface area contributed by atoms with E-state index in [9.17, 15) is 14.0 Å². The summed E-state index contributed by atoms with van der Waals surface area (Å²) in [6.45, 7) is 0.543. The average molecular weight is 389 g/mol. The Morgan fingerprint density at radius 3 is 2.62 bits per heavy atom. The molecular formula is C21H16FN5O2. The minimum Gasteiger partial charge on any atom is -0.332 e. The van der Waals surface area contributed by atoms with Gasteiger partial charge >= 0.3 is 0 Å². The summed E-state index contributed by atoms with van der Waals surface area (Å²) in [5.41, 5.74) is 3.67. The molecule has 0 aliphatic carbocycles. The number of pyridine rings is 1. The number of hydrogen-bond acceptors (Lipinski definition) is 4. The molecule has 0 fully saturated rings. The molecule has 144 valence electrons. The Labute approximate surface area is 164 Å². The Kier molecular flexibility index (Phi) is 3.97. The maximum absolute atomic E-state index is 13.2. The molecule has 0 radical (unpaired) electrons. The maximum Gasteiger partial charge on any atom is 0.278 e. The minimum absolute atomic E-state index is 0.0609. The lowest BCUT2D eigenvalue weighted by Gasteiger charge is -2.14. The predicted octanol–water partition coefficient (Wildman–Crippen LogP) is 2.31. The SMILES string of the molecule is O=C(Cc1ccncc1)N1Cc2nc3cc(-c4ccc(F)cc4)[nH]n3c(=O)c2C1. The molecule has 0 spiro atoms. The van der Waals surface area contributed by atoms with Crippen molar-refractivity contribution in [3.05, 3.63) is 87.9 Å². The third-order valence-corrected chi connectivity index (χ3v) is 5.10. The topological polar surface area (TPSA) is 83.4 Å². The molecule has 0 saturated heterocycles. The van der Waals surface area contributed by atoms with Gasteiger partial charge in [0.15, 0.2) is 5.65 Å². The number of fused-ring (bicyclic) bond motifs is 2. The fourth-order valence-corrected chi connectivity index (χ4v) is 3.56. The molecule has 0 atom stereocenters. The molecular weight excluding hydrogens is 373 g/mol. The van der Waals surface area contributed by atoms with E-state index in [0.29, 0.717) is 29.1 Å². The standard InChI is InChI=1S/C21H16FN5O2/c22-15-3-1-14(2-4-15)17-10-19-24-18-12-26(11-16(18)21(29)27(19)25-17)20(28)9-13-5-7-23-8-6-13/h1-8,10,25H,9,11-12H2. The Balaban J connectivity index is 1.44. The highest BCUT2D eigenvalue weighted by Gasteiger charge is 2.28. The van der Waals surface area contributed by atoms with Gasteiger partial charge in [-0.2, -0.15) is 0 Å². The minimum atomic E-state index is -0.323. The van der Waals surface area contributed by atoms with E-state index in [4.69, 9.17) is 0 Å². The van der Waals surface area contributed by atoms with E-state index in [0.717, 1.165) is 11.1 Å². The number of rotatable bonds is 3. The fourth-order valence-electron chi connectivity index (χ4n) is 3.56. The number of carbonyl (C=O) groups is 1. The van der Waals surface area contributed by atoms with Gasteiger partial charge in [0.05, 0.1) is 36.5 Å². The molecule has 0 saturated carbocycles. The van der Waals surface area contributed by atoms with E-state index in [1.165, 1.54) is 16.6 Å². The number of aromatic nitrogens is 4. The van der Waals surface area contributed by atoms with Crippen molar-refractivity contribution in [2.24, 2.45) is 0 Å². The van der Waals surface area contributed by atoms with Crippen LogP contribution in [0, 0.1) is 5.82 Å². The van der Waals surface area contributed by atoms with E-state index < -0.39 is 0 Å². The Morgan fingerprint density at radius 2 is 1.86 bits per heavy atom. The summed E-state index contributed by atoms with van der Waals surface area (Å²) in [7, 11) is 0. The third-order valence-electron chi connectivity index (χ3n) is 5.10. The Hall–Kier alpha value is -3.81. The van der Waals surface area contributed by atoms with Gasteiger partial charge in [-0.25, -0.2) is 13.9 Å². The van der Waals surface area contributed by atoms with Crippen LogP contribution in [0.2, 0.25) is 0 Å². The molecule has 0 bridgehead atoms. The number of carbonyl (C=O) groups excluding carboxylic acids is 1. The first-order valence-electron chi connectivity index (χ1n) is 9.14. The van der Waals surface area contributed by atoms with Gasteiger partial charge in [0.25, 0.3) is 5.56 Å². The van der Waals surface area contributed by atoms with E-state index in [1.54, 1.807) is 47.6 Å². The molecule has 1 aliphatic heterocycles. The van der Waals surface area contributed by atoms with Crippen molar-refractivity contribution < 1.29 is 9.18 Å². The number of nitrogens with one attached hydrogen (secondary N) is 1. The van der Waals surface area contributed by atoms with Gasteiger partial charge in [-0.1, -0.05) is 0 Å². The number of H-pyrrole nitrogens is 1. The van der Waals surface area contributed by atoms with Crippen molar-refractivity contribution in [3.8, 4) is 11.3 Å². The predicted molar refractivity (Wildman–Crippen MR) is 103 cm³/mol. The van der Waals surface area contributed by atoms with Crippen LogP contribution < -0.4 is 5.56 Å². The third kappa shape index (κ3) is 3.08. The maximum atomic E-state index is 13.2. The van der Waals surface area contributed by atoms with Crippen molar-refractivity contribution >= 4 is 11.6 Å². The molecule has 29 heavy (non-hydrogen) atoms. The van der Waals surface area contributed by atoms with E-state index in [2.05, 4.69) is 15.1 Å². The smallest absolute Gasteiger partial charge is 0.278 e. The normalized spacial score (nSPS) is 13.1. The summed E-state index contributed by atoms with van der Waals surface area (Å²) in [6.07, 6.45) is 3.55. The van der Waals surface area contributed by atoms with Gasteiger partial charge in [0.1, 0.15) is 5.82 Å². The number of amides is 1. The first-order chi connectivity index (χ1) is 14.1. The van der Waals surface area contributed by atoms with Crippen LogP contribution in [0.25, 0.3) is 16.9 Å². The lowest BCUT2D eigenvalue weighted by atomic mass is 10.1. The molecule has 4 aromatic rings. The lowest BCUT2D eigenvalue weighted by Crippen LogP contribution is -2.28. The van der Waals surface area contributed by atoms with Crippen molar-refractivity contribution in [3.63, 3.8) is 0 Å². The average Bonchev–Trinajstić information content (AvgIpc) is 3.34. The van der Waals surface area contributed by atoms with Gasteiger partial charge in [0.2, 0.25) is 5.91 Å². The van der Waals surface area contributed by atoms with Crippen LogP contribution in [0.3, 0.4) is 0 Å². The quantitative estimate of drug-likeness (QED) is 0.583. The van der Waals surface area contributed by atoms with Crippen molar-refractivity contribution in [1.82, 2.24) is 24.5 Å². The zero-order chi connectivity index (χ0) is 20.0. The molecule has 1 aliphatic rings. The molecule has 5 rings (SSSR count). The lowest BCUT2D eigenvalue weighted by molar-refractivity contribution is -0.131. The first kappa shape index (κ1) is 17.3. The largest absolute Gasteiger partial charge is 0.332 e. The molecule has 0 unspecified atom stereocenters.